The zero-order valence-corrected chi connectivity index (χ0v) is 12.3. The monoisotopic (exact) mass is 291 g/mol. The van der Waals surface area contributed by atoms with Crippen molar-refractivity contribution in [1.29, 1.82) is 0 Å². The Hall–Kier alpha value is -1.79. The molecule has 0 radical (unpaired) electrons. The average molecular weight is 291 g/mol. The standard InChI is InChI=1S/C14H17N3O2S/c1-10(12-3-5-14(6-4-12)17(18)19)15-8-7-13-9-20-11(2)16-13/h3-6,9-10,15H,7-8H2,1-2H3. The van der Waals surface area contributed by atoms with Crippen molar-refractivity contribution in [2.75, 3.05) is 6.54 Å². The number of nitro benzene ring substituents is 1. The lowest BCUT2D eigenvalue weighted by atomic mass is 10.1. The molecule has 0 aliphatic carbocycles. The maximum atomic E-state index is 10.6. The number of thiazole rings is 1. The minimum atomic E-state index is -0.382. The highest BCUT2D eigenvalue weighted by atomic mass is 32.1. The molecule has 0 amide bonds. The van der Waals surface area contributed by atoms with Crippen LogP contribution in [0.1, 0.15) is 29.2 Å². The van der Waals surface area contributed by atoms with Gasteiger partial charge in [0.1, 0.15) is 0 Å². The third kappa shape index (κ3) is 3.85. The highest BCUT2D eigenvalue weighted by Crippen LogP contribution is 2.17. The molecular weight excluding hydrogens is 274 g/mol. The van der Waals surface area contributed by atoms with Gasteiger partial charge in [-0.15, -0.1) is 11.3 Å². The minimum Gasteiger partial charge on any atom is -0.310 e. The van der Waals surface area contributed by atoms with Gasteiger partial charge >= 0.3 is 0 Å². The van der Waals surface area contributed by atoms with E-state index in [1.165, 1.54) is 12.1 Å². The first-order valence-electron chi connectivity index (χ1n) is 6.45. The Kier molecular flexibility index (Phi) is 4.81. The topological polar surface area (TPSA) is 68.1 Å². The molecule has 1 unspecified atom stereocenters. The van der Waals surface area contributed by atoms with Crippen LogP contribution in [0.25, 0.3) is 0 Å². The van der Waals surface area contributed by atoms with E-state index in [0.29, 0.717) is 0 Å². The van der Waals surface area contributed by atoms with Crippen molar-refractivity contribution in [3.63, 3.8) is 0 Å². The number of nitrogens with zero attached hydrogens (tertiary/aromatic N) is 2. The van der Waals surface area contributed by atoms with Gasteiger partial charge in [-0.3, -0.25) is 10.1 Å². The van der Waals surface area contributed by atoms with Crippen LogP contribution >= 0.6 is 11.3 Å². The van der Waals surface area contributed by atoms with Gasteiger partial charge in [0.2, 0.25) is 0 Å². The second-order valence-electron chi connectivity index (χ2n) is 4.63. The van der Waals surface area contributed by atoms with Crippen LogP contribution in [0, 0.1) is 17.0 Å². The molecule has 0 bridgehead atoms. The van der Waals surface area contributed by atoms with E-state index in [1.807, 2.05) is 13.8 Å². The first-order chi connectivity index (χ1) is 9.56. The zero-order chi connectivity index (χ0) is 14.5. The Balaban J connectivity index is 1.85. The summed E-state index contributed by atoms with van der Waals surface area (Å²) >= 11 is 1.66. The van der Waals surface area contributed by atoms with Crippen molar-refractivity contribution in [2.24, 2.45) is 0 Å². The van der Waals surface area contributed by atoms with Crippen molar-refractivity contribution >= 4 is 17.0 Å². The summed E-state index contributed by atoms with van der Waals surface area (Å²) in [5.41, 5.74) is 2.28. The van der Waals surface area contributed by atoms with Crippen LogP contribution in [0.5, 0.6) is 0 Å². The van der Waals surface area contributed by atoms with Crippen LogP contribution in [0.15, 0.2) is 29.6 Å². The third-order valence-electron chi connectivity index (χ3n) is 3.10. The molecule has 0 spiro atoms. The molecule has 1 aromatic carbocycles. The van der Waals surface area contributed by atoms with Gasteiger partial charge < -0.3 is 5.32 Å². The van der Waals surface area contributed by atoms with E-state index in [9.17, 15) is 10.1 Å². The summed E-state index contributed by atoms with van der Waals surface area (Å²) in [5.74, 6) is 0. The Bertz CT molecular complexity index is 580. The molecule has 2 aromatic rings. The highest BCUT2D eigenvalue weighted by molar-refractivity contribution is 7.09. The normalized spacial score (nSPS) is 12.3. The molecule has 0 aliphatic heterocycles. The number of rotatable bonds is 6. The van der Waals surface area contributed by atoms with Crippen LogP contribution in [0.3, 0.4) is 0 Å². The van der Waals surface area contributed by atoms with Crippen molar-refractivity contribution in [2.45, 2.75) is 26.3 Å². The summed E-state index contributed by atoms with van der Waals surface area (Å²) in [5, 5.41) is 17.2. The van der Waals surface area contributed by atoms with Gasteiger partial charge in [0.05, 0.1) is 15.6 Å². The summed E-state index contributed by atoms with van der Waals surface area (Å²) < 4.78 is 0. The van der Waals surface area contributed by atoms with Crippen LogP contribution in [0.4, 0.5) is 5.69 Å². The van der Waals surface area contributed by atoms with E-state index in [-0.39, 0.29) is 16.7 Å². The molecular formula is C14H17N3O2S. The van der Waals surface area contributed by atoms with Crippen molar-refractivity contribution in [3.05, 3.63) is 56.0 Å². The molecule has 0 saturated carbocycles. The van der Waals surface area contributed by atoms with Gasteiger partial charge in [-0.05, 0) is 19.4 Å². The van der Waals surface area contributed by atoms with Gasteiger partial charge in [-0.25, -0.2) is 4.98 Å². The summed E-state index contributed by atoms with van der Waals surface area (Å²) in [6.07, 6.45) is 0.891. The molecule has 1 aromatic heterocycles. The molecule has 2 rings (SSSR count). The number of hydrogen-bond acceptors (Lipinski definition) is 5. The second-order valence-corrected chi connectivity index (χ2v) is 5.69. The summed E-state index contributed by atoms with van der Waals surface area (Å²) in [6, 6.07) is 6.83. The lowest BCUT2D eigenvalue weighted by Crippen LogP contribution is -2.21. The Morgan fingerprint density at radius 3 is 2.65 bits per heavy atom. The molecule has 0 fully saturated rings. The van der Waals surface area contributed by atoms with Gasteiger partial charge in [-0.1, -0.05) is 12.1 Å². The zero-order valence-electron chi connectivity index (χ0n) is 11.5. The van der Waals surface area contributed by atoms with Gasteiger partial charge in [0.15, 0.2) is 0 Å². The number of aromatic nitrogens is 1. The Labute approximate surface area is 121 Å². The molecule has 20 heavy (non-hydrogen) atoms. The molecule has 0 aliphatic rings. The molecule has 1 heterocycles. The largest absolute Gasteiger partial charge is 0.310 e. The fourth-order valence-electron chi connectivity index (χ4n) is 1.94. The van der Waals surface area contributed by atoms with E-state index < -0.39 is 0 Å². The molecule has 1 N–H and O–H groups in total. The Morgan fingerprint density at radius 1 is 1.40 bits per heavy atom. The van der Waals surface area contributed by atoms with Crippen LogP contribution < -0.4 is 5.32 Å². The van der Waals surface area contributed by atoms with E-state index >= 15 is 0 Å². The van der Waals surface area contributed by atoms with Crippen LogP contribution in [0.2, 0.25) is 0 Å². The Morgan fingerprint density at radius 2 is 2.10 bits per heavy atom. The molecule has 6 heteroatoms. The number of nitro groups is 1. The van der Waals surface area contributed by atoms with Crippen molar-refractivity contribution in [1.82, 2.24) is 10.3 Å². The van der Waals surface area contributed by atoms with Crippen molar-refractivity contribution in [3.8, 4) is 0 Å². The van der Waals surface area contributed by atoms with E-state index in [4.69, 9.17) is 0 Å². The van der Waals surface area contributed by atoms with E-state index in [2.05, 4.69) is 15.7 Å². The maximum Gasteiger partial charge on any atom is 0.269 e. The summed E-state index contributed by atoms with van der Waals surface area (Å²) in [4.78, 5) is 14.6. The van der Waals surface area contributed by atoms with Crippen LogP contribution in [-0.4, -0.2) is 16.5 Å². The van der Waals surface area contributed by atoms with Gasteiger partial charge in [-0.2, -0.15) is 0 Å². The quantitative estimate of drug-likeness (QED) is 0.655. The number of non-ortho nitro benzene ring substituents is 1. The molecule has 1 atom stereocenters. The molecule has 5 nitrogen and oxygen atoms in total. The minimum absolute atomic E-state index is 0.124. The molecule has 106 valence electrons. The van der Waals surface area contributed by atoms with Crippen molar-refractivity contribution < 1.29 is 4.92 Å². The van der Waals surface area contributed by atoms with Gasteiger partial charge in [0.25, 0.3) is 5.69 Å². The summed E-state index contributed by atoms with van der Waals surface area (Å²) in [6.45, 7) is 4.88. The number of hydrogen-bond donors (Lipinski definition) is 1. The maximum absolute atomic E-state index is 10.6. The predicted octanol–water partition coefficient (Wildman–Crippen LogP) is 3.25. The fraction of sp³-hybridized carbons (Fsp3) is 0.357. The van der Waals surface area contributed by atoms with E-state index in [0.717, 1.165) is 29.2 Å². The average Bonchev–Trinajstić information content (AvgIpc) is 2.84. The SMILES string of the molecule is Cc1nc(CCNC(C)c2ccc([N+](=O)[O-])cc2)cs1. The molecule has 0 saturated heterocycles. The van der Waals surface area contributed by atoms with E-state index in [1.54, 1.807) is 23.5 Å². The lowest BCUT2D eigenvalue weighted by Gasteiger charge is -2.13. The lowest BCUT2D eigenvalue weighted by molar-refractivity contribution is -0.384. The number of benzene rings is 1. The first-order valence-corrected chi connectivity index (χ1v) is 7.33. The number of nitrogens with one attached hydrogen (secondary N) is 1. The fourth-order valence-corrected chi connectivity index (χ4v) is 2.59. The highest BCUT2D eigenvalue weighted by Gasteiger charge is 2.08. The smallest absolute Gasteiger partial charge is 0.269 e. The first kappa shape index (κ1) is 14.6. The number of aryl methyl sites for hydroxylation is 1. The van der Waals surface area contributed by atoms with Crippen LogP contribution in [-0.2, 0) is 6.42 Å². The summed E-state index contributed by atoms with van der Waals surface area (Å²) in [7, 11) is 0. The second kappa shape index (κ2) is 6.58. The van der Waals surface area contributed by atoms with Gasteiger partial charge in [0, 0.05) is 36.5 Å². The predicted molar refractivity (Wildman–Crippen MR) is 80.1 cm³/mol. The third-order valence-corrected chi connectivity index (χ3v) is 3.92.